The number of benzene rings is 4. The standard InChI is InChI=1S/C25H24N2O2S/c28-30(29,24-13-12-20-6-1-2-8-22(20)18-24)27-16-14-26(15-17-27)19-23-10-5-9-21-7-3-4-11-25(21)23/h1-13,18H,14-17,19H2. The Morgan fingerprint density at radius 1 is 0.667 bits per heavy atom. The number of piperazine rings is 1. The minimum atomic E-state index is -3.48. The van der Waals surface area contributed by atoms with Crippen LogP contribution >= 0.6 is 0 Å². The summed E-state index contributed by atoms with van der Waals surface area (Å²) in [5, 5.41) is 4.52. The summed E-state index contributed by atoms with van der Waals surface area (Å²) in [5.74, 6) is 0. The second-order valence-corrected chi connectivity index (χ2v) is 9.77. The van der Waals surface area contributed by atoms with E-state index in [2.05, 4.69) is 47.4 Å². The monoisotopic (exact) mass is 416 g/mol. The minimum Gasteiger partial charge on any atom is -0.296 e. The van der Waals surface area contributed by atoms with Gasteiger partial charge in [0.1, 0.15) is 0 Å². The second kappa shape index (κ2) is 7.84. The summed E-state index contributed by atoms with van der Waals surface area (Å²) in [4.78, 5) is 2.72. The normalized spacial score (nSPS) is 16.3. The van der Waals surface area contributed by atoms with Crippen molar-refractivity contribution in [2.75, 3.05) is 26.2 Å². The molecular weight excluding hydrogens is 392 g/mol. The molecule has 0 N–H and O–H groups in total. The van der Waals surface area contributed by atoms with Gasteiger partial charge in [-0.05, 0) is 39.2 Å². The van der Waals surface area contributed by atoms with Gasteiger partial charge >= 0.3 is 0 Å². The van der Waals surface area contributed by atoms with Crippen LogP contribution in [-0.2, 0) is 16.6 Å². The molecule has 4 nitrogen and oxygen atoms in total. The SMILES string of the molecule is O=S(=O)(c1ccc2ccccc2c1)N1CCN(Cc2cccc3ccccc23)CC1. The number of nitrogens with zero attached hydrogens (tertiary/aromatic N) is 2. The summed E-state index contributed by atoms with van der Waals surface area (Å²) in [6.07, 6.45) is 0. The van der Waals surface area contributed by atoms with Gasteiger partial charge in [-0.3, -0.25) is 4.90 Å². The van der Waals surface area contributed by atoms with Crippen LogP contribution in [0.2, 0.25) is 0 Å². The Balaban J connectivity index is 1.31. The summed E-state index contributed by atoms with van der Waals surface area (Å²) in [6.45, 7) is 3.33. The van der Waals surface area contributed by atoms with E-state index >= 15 is 0 Å². The van der Waals surface area contributed by atoms with Crippen LogP contribution < -0.4 is 0 Å². The fraction of sp³-hybridized carbons (Fsp3) is 0.200. The Morgan fingerprint density at radius 2 is 1.33 bits per heavy atom. The molecule has 0 bridgehead atoms. The number of fused-ring (bicyclic) bond motifs is 2. The van der Waals surface area contributed by atoms with Crippen molar-refractivity contribution in [2.24, 2.45) is 0 Å². The van der Waals surface area contributed by atoms with Gasteiger partial charge in [0.05, 0.1) is 4.90 Å². The lowest BCUT2D eigenvalue weighted by Crippen LogP contribution is -2.48. The first-order chi connectivity index (χ1) is 14.6. The lowest BCUT2D eigenvalue weighted by molar-refractivity contribution is 0.182. The maximum Gasteiger partial charge on any atom is 0.243 e. The van der Waals surface area contributed by atoms with Gasteiger partial charge in [0, 0.05) is 32.7 Å². The van der Waals surface area contributed by atoms with Gasteiger partial charge in [-0.1, -0.05) is 72.8 Å². The van der Waals surface area contributed by atoms with Crippen LogP contribution in [0.25, 0.3) is 21.5 Å². The Morgan fingerprint density at radius 3 is 2.13 bits per heavy atom. The van der Waals surface area contributed by atoms with Gasteiger partial charge in [0.25, 0.3) is 0 Å². The highest BCUT2D eigenvalue weighted by Gasteiger charge is 2.28. The van der Waals surface area contributed by atoms with Gasteiger partial charge in [-0.2, -0.15) is 4.31 Å². The molecule has 0 unspecified atom stereocenters. The van der Waals surface area contributed by atoms with E-state index < -0.39 is 10.0 Å². The molecule has 1 aliphatic rings. The molecule has 0 aliphatic carbocycles. The summed E-state index contributed by atoms with van der Waals surface area (Å²) >= 11 is 0. The zero-order valence-electron chi connectivity index (χ0n) is 16.7. The molecule has 0 amide bonds. The van der Waals surface area contributed by atoms with Gasteiger partial charge in [-0.25, -0.2) is 8.42 Å². The lowest BCUT2D eigenvalue weighted by Gasteiger charge is -2.34. The van der Waals surface area contributed by atoms with Crippen molar-refractivity contribution in [3.05, 3.63) is 90.5 Å². The molecule has 4 aromatic carbocycles. The average molecular weight is 417 g/mol. The highest BCUT2D eigenvalue weighted by atomic mass is 32.2. The predicted molar refractivity (Wildman–Crippen MR) is 122 cm³/mol. The average Bonchev–Trinajstić information content (AvgIpc) is 2.79. The van der Waals surface area contributed by atoms with Gasteiger partial charge < -0.3 is 0 Å². The zero-order valence-corrected chi connectivity index (χ0v) is 17.6. The Labute approximate surface area is 177 Å². The van der Waals surface area contributed by atoms with E-state index in [0.29, 0.717) is 18.0 Å². The van der Waals surface area contributed by atoms with Crippen molar-refractivity contribution in [1.82, 2.24) is 9.21 Å². The van der Waals surface area contributed by atoms with Crippen LogP contribution in [0.15, 0.2) is 89.8 Å². The molecule has 5 heteroatoms. The van der Waals surface area contributed by atoms with Crippen molar-refractivity contribution in [1.29, 1.82) is 0 Å². The molecule has 5 rings (SSSR count). The van der Waals surface area contributed by atoms with Crippen LogP contribution in [0.4, 0.5) is 0 Å². The van der Waals surface area contributed by atoms with E-state index in [9.17, 15) is 8.42 Å². The summed E-state index contributed by atoms with van der Waals surface area (Å²) in [7, 11) is -3.48. The quantitative estimate of drug-likeness (QED) is 0.492. The Hall–Kier alpha value is -2.73. The van der Waals surface area contributed by atoms with Gasteiger partial charge in [0.15, 0.2) is 0 Å². The minimum absolute atomic E-state index is 0.378. The fourth-order valence-corrected chi connectivity index (χ4v) is 5.73. The van der Waals surface area contributed by atoms with Crippen molar-refractivity contribution >= 4 is 31.6 Å². The molecular formula is C25H24N2O2S. The first-order valence-corrected chi connectivity index (χ1v) is 11.7. The van der Waals surface area contributed by atoms with E-state index in [-0.39, 0.29) is 0 Å². The van der Waals surface area contributed by atoms with E-state index in [1.807, 2.05) is 30.3 Å². The molecule has 1 saturated heterocycles. The van der Waals surface area contributed by atoms with Crippen LogP contribution in [0, 0.1) is 0 Å². The van der Waals surface area contributed by atoms with Gasteiger partial charge in [-0.15, -0.1) is 0 Å². The van der Waals surface area contributed by atoms with E-state index in [4.69, 9.17) is 0 Å². The Bertz CT molecular complexity index is 1300. The van der Waals surface area contributed by atoms with Crippen molar-refractivity contribution in [3.8, 4) is 0 Å². The molecule has 0 atom stereocenters. The first kappa shape index (κ1) is 19.2. The lowest BCUT2D eigenvalue weighted by atomic mass is 10.0. The Kier molecular flexibility index (Phi) is 5.03. The van der Waals surface area contributed by atoms with Crippen molar-refractivity contribution < 1.29 is 8.42 Å². The second-order valence-electron chi connectivity index (χ2n) is 7.83. The van der Waals surface area contributed by atoms with Crippen LogP contribution in [0.1, 0.15) is 5.56 Å². The molecule has 30 heavy (non-hydrogen) atoms. The van der Waals surface area contributed by atoms with E-state index in [1.54, 1.807) is 16.4 Å². The number of sulfonamides is 1. The summed E-state index contributed by atoms with van der Waals surface area (Å²) < 4.78 is 28.0. The van der Waals surface area contributed by atoms with Crippen LogP contribution in [0.5, 0.6) is 0 Å². The third kappa shape index (κ3) is 3.60. The van der Waals surface area contributed by atoms with Crippen molar-refractivity contribution in [2.45, 2.75) is 11.4 Å². The maximum atomic E-state index is 13.2. The van der Waals surface area contributed by atoms with Crippen LogP contribution in [-0.4, -0.2) is 43.8 Å². The third-order valence-corrected chi connectivity index (χ3v) is 7.86. The molecule has 152 valence electrons. The molecule has 4 aromatic rings. The molecule has 1 fully saturated rings. The van der Waals surface area contributed by atoms with E-state index in [0.717, 1.165) is 30.4 Å². The zero-order chi connectivity index (χ0) is 20.6. The van der Waals surface area contributed by atoms with E-state index in [1.165, 1.54) is 16.3 Å². The molecule has 1 aliphatic heterocycles. The molecule has 1 heterocycles. The first-order valence-electron chi connectivity index (χ1n) is 10.3. The highest BCUT2D eigenvalue weighted by molar-refractivity contribution is 7.89. The molecule has 0 saturated carbocycles. The third-order valence-electron chi connectivity index (χ3n) is 5.96. The molecule has 0 aromatic heterocycles. The van der Waals surface area contributed by atoms with Crippen molar-refractivity contribution in [3.63, 3.8) is 0 Å². The van der Waals surface area contributed by atoms with Crippen LogP contribution in [0.3, 0.4) is 0 Å². The number of rotatable bonds is 4. The topological polar surface area (TPSA) is 40.6 Å². The maximum absolute atomic E-state index is 13.2. The smallest absolute Gasteiger partial charge is 0.243 e. The highest BCUT2D eigenvalue weighted by Crippen LogP contribution is 2.24. The number of hydrogen-bond donors (Lipinski definition) is 0. The molecule has 0 radical (unpaired) electrons. The van der Waals surface area contributed by atoms with Gasteiger partial charge in [0.2, 0.25) is 10.0 Å². The number of hydrogen-bond acceptors (Lipinski definition) is 3. The molecule has 0 spiro atoms. The largest absolute Gasteiger partial charge is 0.296 e. The summed E-state index contributed by atoms with van der Waals surface area (Å²) in [6, 6.07) is 28.1. The predicted octanol–water partition coefficient (Wildman–Crippen LogP) is 4.50. The summed E-state index contributed by atoms with van der Waals surface area (Å²) in [5.41, 5.74) is 1.29. The fourth-order valence-electron chi connectivity index (χ4n) is 4.28.